The third-order valence-electron chi connectivity index (χ3n) is 6.80. The van der Waals surface area contributed by atoms with Crippen LogP contribution in [0.15, 0.2) is 68.1 Å². The minimum absolute atomic E-state index is 0.000461. The summed E-state index contributed by atoms with van der Waals surface area (Å²) in [6, 6.07) is 14.8. The highest BCUT2D eigenvalue weighted by Gasteiger charge is 2.31. The Morgan fingerprint density at radius 3 is 2.40 bits per heavy atom. The first kappa shape index (κ1) is 30.7. The summed E-state index contributed by atoms with van der Waals surface area (Å²) in [4.78, 5) is 19.4. The van der Waals surface area contributed by atoms with Crippen molar-refractivity contribution in [3.63, 3.8) is 0 Å². The molecule has 2 aromatic carbocycles. The van der Waals surface area contributed by atoms with Gasteiger partial charge in [-0.2, -0.15) is 0 Å². The first-order valence-corrected chi connectivity index (χ1v) is 20.0. The molecule has 11 heteroatoms. The zero-order valence-electron chi connectivity index (χ0n) is 23.6. The van der Waals surface area contributed by atoms with Gasteiger partial charge in [0.25, 0.3) is 0 Å². The van der Waals surface area contributed by atoms with E-state index in [1.165, 1.54) is 5.57 Å². The number of anilines is 2. The highest BCUT2D eigenvalue weighted by molar-refractivity contribution is 14.2. The number of benzene rings is 2. The molecule has 2 N–H and O–H groups in total. The highest BCUT2D eigenvalue weighted by atomic mass is 127. The van der Waals surface area contributed by atoms with E-state index in [-0.39, 0.29) is 17.2 Å². The van der Waals surface area contributed by atoms with Crippen LogP contribution in [0.25, 0.3) is 0 Å². The smallest absolute Gasteiger partial charge is 0.226 e. The number of hydrogen-bond donors (Lipinski definition) is 2. The summed E-state index contributed by atoms with van der Waals surface area (Å²) in [5, 5.41) is 6.26. The zero-order valence-corrected chi connectivity index (χ0v) is 27.5. The molecule has 0 radical (unpaired) electrons. The van der Waals surface area contributed by atoms with Crippen LogP contribution in [0, 0.1) is 5.92 Å². The van der Waals surface area contributed by atoms with Crippen LogP contribution in [-0.4, -0.2) is 67.2 Å². The molecule has 4 rings (SSSR count). The molecule has 1 fully saturated rings. The average molecular weight is 697 g/mol. The Hall–Kier alpha value is -2.30. The van der Waals surface area contributed by atoms with Gasteiger partial charge in [0.1, 0.15) is 5.84 Å². The van der Waals surface area contributed by atoms with Crippen LogP contribution in [0.4, 0.5) is 11.4 Å². The SMILES string of the molecule is CC(C)S(=O)(=O)c1ccccc1NC1=NC(Nc2ccc(CC(=O)N(C)CCP(C)(C)=O)cc2)=IC=C1C1CC1. The number of carbonyl (C=O) groups is 1. The third-order valence-corrected chi connectivity index (χ3v) is 12.4. The summed E-state index contributed by atoms with van der Waals surface area (Å²) in [6.07, 6.45) is 3.05. The predicted molar refractivity (Wildman–Crippen MR) is 175 cm³/mol. The average Bonchev–Trinajstić information content (AvgIpc) is 3.74. The normalized spacial score (nSPS) is 15.9. The van der Waals surface area contributed by atoms with Crippen LogP contribution in [-0.2, 0) is 25.6 Å². The Kier molecular flexibility index (Phi) is 9.73. The van der Waals surface area contributed by atoms with E-state index in [2.05, 4.69) is 14.7 Å². The van der Waals surface area contributed by atoms with Gasteiger partial charge in [-0.05, 0) is 101 Å². The van der Waals surface area contributed by atoms with Crippen molar-refractivity contribution in [3.8, 4) is 0 Å². The number of amides is 1. The topological polar surface area (TPSA) is 108 Å². The van der Waals surface area contributed by atoms with Gasteiger partial charge in [-0.1, -0.05) is 24.3 Å². The van der Waals surface area contributed by atoms with Gasteiger partial charge in [-0.25, -0.2) is 13.4 Å². The number of hydrogen-bond acceptors (Lipinski definition) is 7. The molecule has 1 amide bonds. The molecule has 0 atom stereocenters. The number of nitrogens with zero attached hydrogens (tertiary/aromatic N) is 2. The largest absolute Gasteiger partial charge is 0.345 e. The lowest BCUT2D eigenvalue weighted by Crippen LogP contribution is -2.30. The number of halogens is 1. The van der Waals surface area contributed by atoms with E-state index in [0.29, 0.717) is 30.1 Å². The van der Waals surface area contributed by atoms with Crippen LogP contribution < -0.4 is 10.6 Å². The molecule has 0 unspecified atom stereocenters. The molecule has 1 saturated carbocycles. The Morgan fingerprint density at radius 2 is 1.77 bits per heavy atom. The summed E-state index contributed by atoms with van der Waals surface area (Å²) in [5.41, 5.74) is 3.51. The molecular weight excluding hydrogens is 658 g/mol. The van der Waals surface area contributed by atoms with Gasteiger partial charge in [-0.3, -0.25) is 4.79 Å². The summed E-state index contributed by atoms with van der Waals surface area (Å²) >= 11 is -0.487. The van der Waals surface area contributed by atoms with E-state index in [1.807, 2.05) is 30.3 Å². The molecule has 40 heavy (non-hydrogen) atoms. The van der Waals surface area contributed by atoms with Gasteiger partial charge >= 0.3 is 0 Å². The third kappa shape index (κ3) is 8.13. The van der Waals surface area contributed by atoms with E-state index in [9.17, 15) is 17.8 Å². The lowest BCUT2D eigenvalue weighted by molar-refractivity contribution is -0.128. The summed E-state index contributed by atoms with van der Waals surface area (Å²) in [7, 11) is -3.87. The molecule has 0 aromatic heterocycles. The van der Waals surface area contributed by atoms with Gasteiger partial charge in [0, 0.05) is 31.0 Å². The molecule has 0 spiro atoms. The number of likely N-dealkylation sites (N-methyl/N-ethyl adjacent to an activating group) is 1. The van der Waals surface area contributed by atoms with Crippen LogP contribution in [0.3, 0.4) is 0 Å². The summed E-state index contributed by atoms with van der Waals surface area (Å²) in [6.45, 7) is 7.35. The second-order valence-corrected chi connectivity index (χ2v) is 19.4. The fraction of sp³-hybridized carbons (Fsp3) is 0.414. The van der Waals surface area contributed by atoms with Crippen LogP contribution in [0.2, 0.25) is 0 Å². The summed E-state index contributed by atoms with van der Waals surface area (Å²) < 4.78 is 41.1. The quantitative estimate of drug-likeness (QED) is 0.228. The first-order valence-electron chi connectivity index (χ1n) is 13.4. The Balaban J connectivity index is 1.46. The van der Waals surface area contributed by atoms with E-state index >= 15 is 0 Å². The maximum Gasteiger partial charge on any atom is 0.226 e. The molecule has 8 nitrogen and oxygen atoms in total. The first-order chi connectivity index (χ1) is 18.8. The molecule has 0 saturated heterocycles. The van der Waals surface area contributed by atoms with Crippen molar-refractivity contribution in [2.24, 2.45) is 10.9 Å². The number of aliphatic imine (C=N–C) groups is 1. The number of sulfone groups is 1. The minimum Gasteiger partial charge on any atom is -0.345 e. The Morgan fingerprint density at radius 1 is 1.10 bits per heavy atom. The van der Waals surface area contributed by atoms with E-state index in [4.69, 9.17) is 4.99 Å². The van der Waals surface area contributed by atoms with Crippen LogP contribution >= 0.6 is 27.9 Å². The van der Waals surface area contributed by atoms with Gasteiger partial charge in [0.2, 0.25) is 5.91 Å². The van der Waals surface area contributed by atoms with Crippen molar-refractivity contribution in [3.05, 3.63) is 63.8 Å². The maximum absolute atomic E-state index is 13.0. The molecule has 1 heterocycles. The second kappa shape index (κ2) is 12.7. The number of carbonyl (C=O) groups excluding carboxylic acids is 1. The molecular formula is C29H38IN4O4PS. The molecule has 2 aromatic rings. The van der Waals surface area contributed by atoms with Crippen molar-refractivity contribution < 1.29 is 17.8 Å². The van der Waals surface area contributed by atoms with Gasteiger partial charge < -0.3 is 20.1 Å². The van der Waals surface area contributed by atoms with Gasteiger partial charge in [0.05, 0.1) is 29.4 Å². The standard InChI is InChI=1S/C29H38IN4O4PS/c1-20(2)40(37,38)26-9-7-6-8-25(26)32-28-24(22-12-13-22)19-30-29(33-28)31-23-14-10-21(11-15-23)18-27(35)34(3)16-17-39(4,5)36/h6-11,14-15,19-20,22H,12-13,16-18H2,1-5H3,(H2,31,32,33). The van der Waals surface area contributed by atoms with Crippen LogP contribution in [0.1, 0.15) is 32.3 Å². The van der Waals surface area contributed by atoms with Gasteiger partial charge in [0.15, 0.2) is 13.6 Å². The van der Waals surface area contributed by atoms with Crippen molar-refractivity contribution in [1.29, 1.82) is 0 Å². The number of para-hydroxylation sites is 1. The van der Waals surface area contributed by atoms with E-state index < -0.39 is 43.0 Å². The number of amidine groups is 1. The van der Waals surface area contributed by atoms with Crippen molar-refractivity contribution >= 4 is 64.6 Å². The lowest BCUT2D eigenvalue weighted by Gasteiger charge is -2.20. The zero-order chi connectivity index (χ0) is 29.1. The maximum atomic E-state index is 13.0. The molecule has 216 valence electrons. The van der Waals surface area contributed by atoms with Crippen molar-refractivity contribution in [2.75, 3.05) is 43.7 Å². The molecule has 1 aliphatic heterocycles. The molecule has 1 aliphatic carbocycles. The number of rotatable bonds is 11. The van der Waals surface area contributed by atoms with Crippen LogP contribution in [0.5, 0.6) is 0 Å². The Bertz CT molecular complexity index is 1510. The highest BCUT2D eigenvalue weighted by Crippen LogP contribution is 2.40. The van der Waals surface area contributed by atoms with E-state index in [0.717, 1.165) is 27.8 Å². The molecule has 0 bridgehead atoms. The monoisotopic (exact) mass is 696 g/mol. The predicted octanol–water partition coefficient (Wildman–Crippen LogP) is 5.78. The van der Waals surface area contributed by atoms with Gasteiger partial charge in [-0.15, -0.1) is 0 Å². The lowest BCUT2D eigenvalue weighted by atomic mass is 10.1. The van der Waals surface area contributed by atoms with Crippen molar-refractivity contribution in [2.45, 2.75) is 43.3 Å². The number of nitrogens with one attached hydrogen (secondary N) is 2. The van der Waals surface area contributed by atoms with Crippen molar-refractivity contribution in [1.82, 2.24) is 4.90 Å². The Labute approximate surface area is 247 Å². The molecule has 2 aliphatic rings. The van der Waals surface area contributed by atoms with E-state index in [1.54, 1.807) is 57.3 Å². The second-order valence-electron chi connectivity index (χ2n) is 11.0. The summed E-state index contributed by atoms with van der Waals surface area (Å²) in [5.74, 6) is 1.17. The minimum atomic E-state index is -3.46. The fourth-order valence-electron chi connectivity index (χ4n) is 4.03. The fourth-order valence-corrected chi connectivity index (χ4v) is 8.30.